The van der Waals surface area contributed by atoms with E-state index in [1.807, 2.05) is 0 Å². The zero-order valence-corrected chi connectivity index (χ0v) is 9.92. The quantitative estimate of drug-likeness (QED) is 0.908. The number of alkyl halides is 3. The Morgan fingerprint density at radius 3 is 2.41 bits per heavy atom. The van der Waals surface area contributed by atoms with Gasteiger partial charge in [0, 0.05) is 16.6 Å². The summed E-state index contributed by atoms with van der Waals surface area (Å²) in [5, 5.41) is 0.344. The molecule has 0 radical (unpaired) electrons. The number of hydrogen-bond acceptors (Lipinski definition) is 2. The summed E-state index contributed by atoms with van der Waals surface area (Å²) >= 11 is 5.90. The van der Waals surface area contributed by atoms with Crippen LogP contribution in [-0.2, 0) is 4.74 Å². The molecule has 0 saturated heterocycles. The molecule has 0 aliphatic carbocycles. The lowest BCUT2D eigenvalue weighted by atomic mass is 10.0. The second kappa shape index (κ2) is 5.71. The number of benzene rings is 1. The smallest absolute Gasteiger partial charge is 0.362 e. The number of rotatable bonds is 4. The van der Waals surface area contributed by atoms with Gasteiger partial charge in [-0.1, -0.05) is 29.8 Å². The molecule has 0 spiro atoms. The van der Waals surface area contributed by atoms with Gasteiger partial charge >= 0.3 is 6.18 Å². The molecule has 1 aromatic carbocycles. The maximum absolute atomic E-state index is 12.1. The number of ether oxygens (including phenoxy) is 1. The first-order valence-electron chi connectivity index (χ1n) is 4.99. The first-order valence-corrected chi connectivity index (χ1v) is 5.37. The van der Waals surface area contributed by atoms with Gasteiger partial charge in [0.15, 0.2) is 0 Å². The van der Waals surface area contributed by atoms with Crippen LogP contribution in [0.2, 0.25) is 5.02 Å². The van der Waals surface area contributed by atoms with Gasteiger partial charge in [-0.25, -0.2) is 0 Å². The fraction of sp³-hybridized carbons (Fsp3) is 0.455. The van der Waals surface area contributed by atoms with Crippen LogP contribution in [0.1, 0.15) is 18.6 Å². The minimum atomic E-state index is -4.38. The molecule has 0 fully saturated rings. The van der Waals surface area contributed by atoms with Crippen molar-refractivity contribution in [3.63, 3.8) is 0 Å². The van der Waals surface area contributed by atoms with Gasteiger partial charge in [0.05, 0.1) is 6.10 Å². The predicted molar refractivity (Wildman–Crippen MR) is 59.8 cm³/mol. The van der Waals surface area contributed by atoms with Crippen molar-refractivity contribution in [1.82, 2.24) is 0 Å². The first kappa shape index (κ1) is 14.3. The first-order chi connectivity index (χ1) is 7.81. The van der Waals surface area contributed by atoms with Gasteiger partial charge in [0.25, 0.3) is 0 Å². The van der Waals surface area contributed by atoms with Gasteiger partial charge in [-0.15, -0.1) is 0 Å². The van der Waals surface area contributed by atoms with E-state index in [0.717, 1.165) is 0 Å². The fourth-order valence-corrected chi connectivity index (χ4v) is 1.66. The van der Waals surface area contributed by atoms with Crippen LogP contribution in [0.25, 0.3) is 0 Å². The van der Waals surface area contributed by atoms with Crippen molar-refractivity contribution >= 4 is 11.6 Å². The Labute approximate surface area is 103 Å². The molecule has 6 heteroatoms. The monoisotopic (exact) mass is 267 g/mol. The fourth-order valence-electron chi connectivity index (χ4n) is 1.41. The summed E-state index contributed by atoms with van der Waals surface area (Å²) in [7, 11) is 0. The minimum absolute atomic E-state index is 0.344. The Kier molecular flexibility index (Phi) is 4.80. The third-order valence-corrected chi connectivity index (χ3v) is 2.46. The normalized spacial score (nSPS) is 15.6. The molecular formula is C11H13ClF3NO. The second-order valence-corrected chi connectivity index (χ2v) is 4.13. The Morgan fingerprint density at radius 1 is 1.35 bits per heavy atom. The molecule has 0 heterocycles. The average molecular weight is 268 g/mol. The zero-order valence-electron chi connectivity index (χ0n) is 9.17. The summed E-state index contributed by atoms with van der Waals surface area (Å²) in [6.07, 6.45) is -5.25. The van der Waals surface area contributed by atoms with Crippen LogP contribution in [0.15, 0.2) is 24.3 Å². The standard InChI is InChI=1S/C11H13ClF3NO/c1-7(16)10(17-6-11(13,14)15)8-4-2-3-5-9(8)12/h2-5,7,10H,6,16H2,1H3. The lowest BCUT2D eigenvalue weighted by Crippen LogP contribution is -2.30. The van der Waals surface area contributed by atoms with Crippen LogP contribution in [0, 0.1) is 0 Å². The Hall–Kier alpha value is -0.780. The van der Waals surface area contributed by atoms with Crippen LogP contribution in [-0.4, -0.2) is 18.8 Å². The molecule has 17 heavy (non-hydrogen) atoms. The molecule has 1 aromatic rings. The van der Waals surface area contributed by atoms with Gasteiger partial charge < -0.3 is 10.5 Å². The van der Waals surface area contributed by atoms with Crippen molar-refractivity contribution in [2.45, 2.75) is 25.2 Å². The van der Waals surface area contributed by atoms with E-state index in [1.165, 1.54) is 0 Å². The molecule has 2 atom stereocenters. The second-order valence-electron chi connectivity index (χ2n) is 3.73. The third-order valence-electron chi connectivity index (χ3n) is 2.12. The molecule has 0 bridgehead atoms. The lowest BCUT2D eigenvalue weighted by molar-refractivity contribution is -0.187. The van der Waals surface area contributed by atoms with Crippen molar-refractivity contribution < 1.29 is 17.9 Å². The van der Waals surface area contributed by atoms with Crippen molar-refractivity contribution in [3.05, 3.63) is 34.9 Å². The summed E-state index contributed by atoms with van der Waals surface area (Å²) in [6, 6.07) is 5.97. The van der Waals surface area contributed by atoms with E-state index in [9.17, 15) is 13.2 Å². The van der Waals surface area contributed by atoms with E-state index < -0.39 is 24.9 Å². The van der Waals surface area contributed by atoms with Gasteiger partial charge in [-0.05, 0) is 13.0 Å². The highest BCUT2D eigenvalue weighted by Gasteiger charge is 2.31. The molecule has 0 saturated carbocycles. The highest BCUT2D eigenvalue weighted by atomic mass is 35.5. The van der Waals surface area contributed by atoms with E-state index in [1.54, 1.807) is 31.2 Å². The SMILES string of the molecule is CC(N)C(OCC(F)(F)F)c1ccccc1Cl. The number of hydrogen-bond donors (Lipinski definition) is 1. The molecule has 2 unspecified atom stereocenters. The molecule has 0 aliphatic rings. The number of halogens is 4. The lowest BCUT2D eigenvalue weighted by Gasteiger charge is -2.23. The van der Waals surface area contributed by atoms with Gasteiger partial charge in [-0.2, -0.15) is 13.2 Å². The van der Waals surface area contributed by atoms with Gasteiger partial charge in [0.2, 0.25) is 0 Å². The topological polar surface area (TPSA) is 35.2 Å². The largest absolute Gasteiger partial charge is 0.411 e. The molecular weight excluding hydrogens is 255 g/mol. The van der Waals surface area contributed by atoms with E-state index >= 15 is 0 Å². The van der Waals surface area contributed by atoms with Crippen LogP contribution in [0.4, 0.5) is 13.2 Å². The van der Waals surface area contributed by atoms with Gasteiger partial charge in [-0.3, -0.25) is 0 Å². The maximum atomic E-state index is 12.1. The van der Waals surface area contributed by atoms with E-state index in [-0.39, 0.29) is 0 Å². The average Bonchev–Trinajstić information content (AvgIpc) is 2.18. The molecule has 0 aliphatic heterocycles. The van der Waals surface area contributed by atoms with Crippen LogP contribution < -0.4 is 5.73 Å². The summed E-state index contributed by atoms with van der Waals surface area (Å²) in [5.74, 6) is 0. The summed E-state index contributed by atoms with van der Waals surface area (Å²) in [5.41, 5.74) is 6.08. The zero-order chi connectivity index (χ0) is 13.1. The van der Waals surface area contributed by atoms with E-state index in [0.29, 0.717) is 10.6 Å². The van der Waals surface area contributed by atoms with Crippen molar-refractivity contribution in [1.29, 1.82) is 0 Å². The number of nitrogens with two attached hydrogens (primary N) is 1. The van der Waals surface area contributed by atoms with E-state index in [4.69, 9.17) is 22.1 Å². The maximum Gasteiger partial charge on any atom is 0.411 e. The highest BCUT2D eigenvalue weighted by molar-refractivity contribution is 6.31. The Balaban J connectivity index is 2.84. The third kappa shape index (κ3) is 4.53. The summed E-state index contributed by atoms with van der Waals surface area (Å²) in [4.78, 5) is 0. The van der Waals surface area contributed by atoms with Crippen molar-refractivity contribution in [2.24, 2.45) is 5.73 Å². The highest BCUT2D eigenvalue weighted by Crippen LogP contribution is 2.29. The van der Waals surface area contributed by atoms with Crippen molar-refractivity contribution in [3.8, 4) is 0 Å². The summed E-state index contributed by atoms with van der Waals surface area (Å²) < 4.78 is 41.1. The molecule has 96 valence electrons. The van der Waals surface area contributed by atoms with Crippen LogP contribution in [0.5, 0.6) is 0 Å². The molecule has 2 nitrogen and oxygen atoms in total. The molecule has 0 amide bonds. The van der Waals surface area contributed by atoms with Gasteiger partial charge in [0.1, 0.15) is 6.61 Å². The van der Waals surface area contributed by atoms with Crippen molar-refractivity contribution in [2.75, 3.05) is 6.61 Å². The minimum Gasteiger partial charge on any atom is -0.362 e. The Morgan fingerprint density at radius 2 is 1.94 bits per heavy atom. The van der Waals surface area contributed by atoms with Crippen LogP contribution in [0.3, 0.4) is 0 Å². The van der Waals surface area contributed by atoms with Crippen LogP contribution >= 0.6 is 11.6 Å². The molecule has 1 rings (SSSR count). The predicted octanol–water partition coefficient (Wildman–Crippen LogP) is 3.31. The molecule has 2 N–H and O–H groups in total. The Bertz CT molecular complexity index is 368. The summed E-state index contributed by atoms with van der Waals surface area (Å²) in [6.45, 7) is 0.231. The van der Waals surface area contributed by atoms with E-state index in [2.05, 4.69) is 0 Å². The molecule has 0 aromatic heterocycles.